The Kier molecular flexibility index (Phi) is 3.58. The molecule has 0 aliphatic carbocycles. The van der Waals surface area contributed by atoms with E-state index < -0.39 is 44.5 Å². The van der Waals surface area contributed by atoms with E-state index in [2.05, 4.69) is 0 Å². The first-order valence-electron chi connectivity index (χ1n) is 4.22. The molecule has 0 aliphatic rings. The first kappa shape index (κ1) is 12.6. The smallest absolute Gasteiger partial charge is 0.304 e. The number of benzene rings is 1. The van der Waals surface area contributed by atoms with Gasteiger partial charge < -0.3 is 5.11 Å². The first-order chi connectivity index (χ1) is 7.33. The van der Waals surface area contributed by atoms with Crippen molar-refractivity contribution in [1.29, 1.82) is 0 Å². The summed E-state index contributed by atoms with van der Waals surface area (Å²) < 4.78 is 48.2. The molecule has 4 nitrogen and oxygen atoms in total. The van der Waals surface area contributed by atoms with Crippen molar-refractivity contribution in [2.24, 2.45) is 0 Å². The lowest BCUT2D eigenvalue weighted by Crippen LogP contribution is -2.11. The van der Waals surface area contributed by atoms with E-state index >= 15 is 0 Å². The van der Waals surface area contributed by atoms with Gasteiger partial charge in [-0.05, 0) is 18.2 Å². The summed E-state index contributed by atoms with van der Waals surface area (Å²) >= 11 is 0. The van der Waals surface area contributed by atoms with Gasteiger partial charge in [0.25, 0.3) is 0 Å². The number of sulfone groups is 1. The van der Waals surface area contributed by atoms with Gasteiger partial charge in [0.05, 0.1) is 17.1 Å². The minimum absolute atomic E-state index is 0.423. The van der Waals surface area contributed by atoms with Gasteiger partial charge in [0, 0.05) is 0 Å². The number of hydrogen-bond acceptors (Lipinski definition) is 3. The van der Waals surface area contributed by atoms with Crippen LogP contribution in [0.5, 0.6) is 0 Å². The highest BCUT2D eigenvalue weighted by Gasteiger charge is 2.17. The van der Waals surface area contributed by atoms with E-state index in [-0.39, 0.29) is 0 Å². The van der Waals surface area contributed by atoms with Crippen LogP contribution < -0.4 is 0 Å². The average Bonchev–Trinajstić information content (AvgIpc) is 2.19. The number of aliphatic carboxylic acids is 1. The Morgan fingerprint density at radius 2 is 1.88 bits per heavy atom. The zero-order valence-corrected chi connectivity index (χ0v) is 8.80. The van der Waals surface area contributed by atoms with Gasteiger partial charge in [-0.1, -0.05) is 0 Å². The molecule has 0 saturated carbocycles. The highest BCUT2D eigenvalue weighted by molar-refractivity contribution is 7.91. The third-order valence-electron chi connectivity index (χ3n) is 1.83. The topological polar surface area (TPSA) is 71.4 Å². The zero-order valence-electron chi connectivity index (χ0n) is 7.98. The molecule has 16 heavy (non-hydrogen) atoms. The molecule has 0 fully saturated rings. The molecule has 1 N–H and O–H groups in total. The summed E-state index contributed by atoms with van der Waals surface area (Å²) in [6, 6.07) is 2.12. The second-order valence-corrected chi connectivity index (χ2v) is 5.15. The van der Waals surface area contributed by atoms with Crippen molar-refractivity contribution in [2.75, 3.05) is 5.75 Å². The number of carboxylic acids is 1. The number of rotatable bonds is 4. The molecule has 0 aliphatic heterocycles. The summed E-state index contributed by atoms with van der Waals surface area (Å²) in [6.07, 6.45) is -0.582. The normalized spacial score (nSPS) is 11.4. The van der Waals surface area contributed by atoms with Crippen molar-refractivity contribution in [1.82, 2.24) is 0 Å². The number of halogens is 2. The van der Waals surface area contributed by atoms with E-state index in [1.54, 1.807) is 0 Å². The predicted octanol–water partition coefficient (Wildman–Crippen LogP) is 1.21. The van der Waals surface area contributed by atoms with Crippen LogP contribution in [-0.4, -0.2) is 25.2 Å². The van der Waals surface area contributed by atoms with E-state index in [0.29, 0.717) is 12.1 Å². The van der Waals surface area contributed by atoms with Gasteiger partial charge in [-0.3, -0.25) is 4.79 Å². The average molecular weight is 250 g/mol. The van der Waals surface area contributed by atoms with Crippen molar-refractivity contribution < 1.29 is 27.1 Å². The fraction of sp³-hybridized carbons (Fsp3) is 0.222. The van der Waals surface area contributed by atoms with Gasteiger partial charge in [0.2, 0.25) is 0 Å². The Balaban J connectivity index is 2.99. The molecule has 7 heteroatoms. The lowest BCUT2D eigenvalue weighted by molar-refractivity contribution is -0.136. The third-order valence-corrected chi connectivity index (χ3v) is 3.55. The van der Waals surface area contributed by atoms with Gasteiger partial charge in [0.1, 0.15) is 0 Å². The summed E-state index contributed by atoms with van der Waals surface area (Å²) in [7, 11) is -3.88. The standard InChI is InChI=1S/C9H8F2O4S/c10-7-2-1-6(5-8(7)11)16(14,15)4-3-9(12)13/h1-2,5H,3-4H2,(H,12,13). The Bertz CT molecular complexity index is 510. The zero-order chi connectivity index (χ0) is 12.3. The molecule has 1 rings (SSSR count). The molecule has 0 bridgehead atoms. The summed E-state index contributed by atoms with van der Waals surface area (Å²) in [6.45, 7) is 0. The van der Waals surface area contributed by atoms with Gasteiger partial charge in [-0.15, -0.1) is 0 Å². The molecule has 0 heterocycles. The van der Waals surface area contributed by atoms with E-state index in [1.165, 1.54) is 0 Å². The van der Waals surface area contributed by atoms with Gasteiger partial charge in [-0.25, -0.2) is 17.2 Å². The summed E-state index contributed by atoms with van der Waals surface area (Å²) in [5.74, 6) is -4.35. The highest BCUT2D eigenvalue weighted by Crippen LogP contribution is 2.15. The van der Waals surface area contributed by atoms with Crippen LogP contribution in [0.3, 0.4) is 0 Å². The second kappa shape index (κ2) is 4.56. The van der Waals surface area contributed by atoms with Gasteiger partial charge in [-0.2, -0.15) is 0 Å². The number of carbonyl (C=O) groups is 1. The maximum atomic E-state index is 12.8. The van der Waals surface area contributed by atoms with E-state index in [1.807, 2.05) is 0 Å². The van der Waals surface area contributed by atoms with E-state index in [0.717, 1.165) is 6.07 Å². The van der Waals surface area contributed by atoms with Crippen LogP contribution in [0, 0.1) is 11.6 Å². The molecular formula is C9H8F2O4S. The molecule has 1 aromatic carbocycles. The minimum atomic E-state index is -3.88. The molecule has 0 radical (unpaired) electrons. The lowest BCUT2D eigenvalue weighted by Gasteiger charge is -2.02. The molecule has 0 atom stereocenters. The van der Waals surface area contributed by atoms with Crippen LogP contribution in [0.4, 0.5) is 8.78 Å². The van der Waals surface area contributed by atoms with Gasteiger partial charge >= 0.3 is 5.97 Å². The van der Waals surface area contributed by atoms with Crippen LogP contribution in [0.15, 0.2) is 23.1 Å². The Labute approximate surface area is 90.4 Å². The molecule has 88 valence electrons. The monoisotopic (exact) mass is 250 g/mol. The minimum Gasteiger partial charge on any atom is -0.481 e. The fourth-order valence-electron chi connectivity index (χ4n) is 1.01. The molecular weight excluding hydrogens is 242 g/mol. The van der Waals surface area contributed by atoms with Crippen molar-refractivity contribution in [2.45, 2.75) is 11.3 Å². The molecule has 0 spiro atoms. The van der Waals surface area contributed by atoms with Crippen molar-refractivity contribution in [3.63, 3.8) is 0 Å². The molecule has 0 unspecified atom stereocenters. The fourth-order valence-corrected chi connectivity index (χ4v) is 2.25. The lowest BCUT2D eigenvalue weighted by atomic mass is 10.3. The quantitative estimate of drug-likeness (QED) is 0.815. The van der Waals surface area contributed by atoms with E-state index in [4.69, 9.17) is 5.11 Å². The Morgan fingerprint density at radius 1 is 1.25 bits per heavy atom. The molecule has 1 aromatic rings. The van der Waals surface area contributed by atoms with Gasteiger partial charge in [0.15, 0.2) is 21.5 Å². The number of carboxylic acid groups (broad SMARTS) is 1. The predicted molar refractivity (Wildman–Crippen MR) is 50.7 cm³/mol. The second-order valence-electron chi connectivity index (χ2n) is 3.04. The number of hydrogen-bond donors (Lipinski definition) is 1. The first-order valence-corrected chi connectivity index (χ1v) is 5.88. The summed E-state index contributed by atoms with van der Waals surface area (Å²) in [4.78, 5) is 9.78. The maximum Gasteiger partial charge on any atom is 0.304 e. The maximum absolute atomic E-state index is 12.8. The largest absolute Gasteiger partial charge is 0.481 e. The van der Waals surface area contributed by atoms with Crippen LogP contribution in [0.25, 0.3) is 0 Å². The SMILES string of the molecule is O=C(O)CCS(=O)(=O)c1ccc(F)c(F)c1. The summed E-state index contributed by atoms with van der Waals surface area (Å²) in [5, 5.41) is 8.32. The van der Waals surface area contributed by atoms with Crippen LogP contribution in [0.1, 0.15) is 6.42 Å². The van der Waals surface area contributed by atoms with Crippen molar-refractivity contribution in [3.05, 3.63) is 29.8 Å². The van der Waals surface area contributed by atoms with E-state index in [9.17, 15) is 22.0 Å². The summed E-state index contributed by atoms with van der Waals surface area (Å²) in [5.41, 5.74) is 0. The van der Waals surface area contributed by atoms with Crippen LogP contribution in [0.2, 0.25) is 0 Å². The molecule has 0 saturated heterocycles. The highest BCUT2D eigenvalue weighted by atomic mass is 32.2. The van der Waals surface area contributed by atoms with Crippen molar-refractivity contribution >= 4 is 15.8 Å². The van der Waals surface area contributed by atoms with Crippen LogP contribution >= 0.6 is 0 Å². The Morgan fingerprint density at radius 3 is 2.38 bits per heavy atom. The molecule has 0 aromatic heterocycles. The molecule has 0 amide bonds. The van der Waals surface area contributed by atoms with Crippen LogP contribution in [-0.2, 0) is 14.6 Å². The third kappa shape index (κ3) is 2.99. The Hall–Kier alpha value is -1.50. The van der Waals surface area contributed by atoms with Crippen molar-refractivity contribution in [3.8, 4) is 0 Å².